The van der Waals surface area contributed by atoms with Crippen molar-refractivity contribution in [1.82, 2.24) is 0 Å². The Morgan fingerprint density at radius 3 is 1.48 bits per heavy atom. The summed E-state index contributed by atoms with van der Waals surface area (Å²) in [5.74, 6) is 0.711. The van der Waals surface area contributed by atoms with Gasteiger partial charge in [0.2, 0.25) is 36.5 Å². The fourth-order valence-electron chi connectivity index (χ4n) is 1.64. The highest BCUT2D eigenvalue weighted by Crippen LogP contribution is 2.25. The third-order valence-corrected chi connectivity index (χ3v) is 5.52. The molecule has 0 atom stereocenters. The van der Waals surface area contributed by atoms with E-state index >= 15 is 0 Å². The van der Waals surface area contributed by atoms with E-state index in [9.17, 15) is 4.79 Å². The van der Waals surface area contributed by atoms with Crippen LogP contribution in [0.2, 0.25) is 65.0 Å². The molecule has 0 spiro atoms. The number of carbonyl (C=O) groups excluding carboxylic acids is 1. The summed E-state index contributed by atoms with van der Waals surface area (Å²) in [5.41, 5.74) is 0. The molecule has 0 aromatic heterocycles. The van der Waals surface area contributed by atoms with Crippen molar-refractivity contribution in [2.75, 3.05) is 0 Å². The first-order valence-electron chi connectivity index (χ1n) is 8.49. The fraction of sp³-hybridized carbons (Fsp3) is 0.800. The third-order valence-electron chi connectivity index (χ3n) is 2.40. The van der Waals surface area contributed by atoms with Crippen molar-refractivity contribution in [3.05, 3.63) is 11.7 Å². The molecule has 0 aliphatic heterocycles. The van der Waals surface area contributed by atoms with Gasteiger partial charge >= 0.3 is 0 Å². The van der Waals surface area contributed by atoms with Gasteiger partial charge in [0, 0.05) is 16.7 Å². The molecule has 0 radical (unpaired) electrons. The van der Waals surface area contributed by atoms with E-state index in [1.807, 2.05) is 0 Å². The predicted molar refractivity (Wildman–Crippen MR) is 109 cm³/mol. The van der Waals surface area contributed by atoms with Gasteiger partial charge < -0.3 is 13.3 Å². The van der Waals surface area contributed by atoms with E-state index in [-0.39, 0.29) is 5.78 Å². The third kappa shape index (κ3) is 11.8. The normalized spacial score (nSPS) is 12.7. The highest BCUT2D eigenvalue weighted by molar-refractivity contribution is 6.71. The molecule has 0 aromatic carbocycles. The van der Waals surface area contributed by atoms with Gasteiger partial charge in [0.25, 0.3) is 5.95 Å². The molecular weight excluding hydrogens is 357 g/mol. The van der Waals surface area contributed by atoms with Crippen LogP contribution in [0.5, 0.6) is 0 Å². The molecule has 0 saturated carbocycles. The summed E-state index contributed by atoms with van der Waals surface area (Å²) in [7, 11) is -4.63. The largest absolute Gasteiger partial charge is 0.537 e. The van der Waals surface area contributed by atoms with Gasteiger partial charge in [0.15, 0.2) is 0 Å². The first kappa shape index (κ1) is 22.7. The molecule has 23 heavy (non-hydrogen) atoms. The van der Waals surface area contributed by atoms with E-state index in [0.717, 1.165) is 22.7 Å². The van der Waals surface area contributed by atoms with Gasteiger partial charge in [-0.25, -0.2) is 0 Å². The maximum Gasteiger partial charge on any atom is 0.298 e. The van der Waals surface area contributed by atoms with Gasteiger partial charge in [-0.1, -0.05) is 6.04 Å². The Kier molecular flexibility index (Phi) is 8.56. The molecule has 0 rings (SSSR count). The number of Topliss-reactive ketones (excluding diaryl/α,β-unsaturated/α-hetero) is 1. The zero-order chi connectivity index (χ0) is 18.5. The lowest BCUT2D eigenvalue weighted by molar-refractivity contribution is -0.118. The van der Waals surface area contributed by atoms with Crippen molar-refractivity contribution >= 4 is 41.0 Å². The second-order valence-corrected chi connectivity index (χ2v) is 23.1. The number of rotatable bonds is 10. The molecule has 0 aliphatic rings. The Bertz CT molecular complexity index is 410. The van der Waals surface area contributed by atoms with Crippen molar-refractivity contribution in [2.24, 2.45) is 0 Å². The van der Waals surface area contributed by atoms with E-state index in [2.05, 4.69) is 58.9 Å². The van der Waals surface area contributed by atoms with Crippen LogP contribution in [0.25, 0.3) is 0 Å². The van der Waals surface area contributed by atoms with Crippen molar-refractivity contribution in [1.29, 1.82) is 0 Å². The van der Waals surface area contributed by atoms with Crippen LogP contribution < -0.4 is 0 Å². The summed E-state index contributed by atoms with van der Waals surface area (Å²) in [6.07, 6.45) is 1.42. The number of hydrogen-bond donors (Lipinski definition) is 0. The minimum Gasteiger partial charge on any atom is -0.537 e. The summed E-state index contributed by atoms with van der Waals surface area (Å²) in [6, 6.07) is 1.12. The summed E-state index contributed by atoms with van der Waals surface area (Å²) in [6.45, 7) is 18.8. The van der Waals surface area contributed by atoms with Crippen LogP contribution in [-0.2, 0) is 18.1 Å². The van der Waals surface area contributed by atoms with E-state index in [4.69, 9.17) is 13.3 Å². The Labute approximate surface area is 148 Å². The molecule has 0 aromatic rings. The maximum atomic E-state index is 12.7. The van der Waals surface area contributed by atoms with E-state index in [1.54, 1.807) is 0 Å². The molecule has 0 fully saturated rings. The number of carbonyl (C=O) groups is 1. The van der Waals surface area contributed by atoms with E-state index in [1.165, 1.54) is 0 Å². The molecule has 0 saturated heterocycles. The highest BCUT2D eigenvalue weighted by atomic mass is 28.4. The fourth-order valence-corrected chi connectivity index (χ4v) is 4.27. The van der Waals surface area contributed by atoms with Crippen LogP contribution in [-0.4, -0.2) is 41.0 Å². The number of hydrogen-bond acceptors (Lipinski definition) is 4. The summed E-state index contributed by atoms with van der Waals surface area (Å²) < 4.78 is 18.4. The molecule has 0 aliphatic carbocycles. The molecule has 4 nitrogen and oxygen atoms in total. The SMILES string of the molecule is C[Si](C)(C)OC(O[Si](C)(C)C)=C(O[Si](C)(C)C)C(=O)CCC[SiH3]. The van der Waals surface area contributed by atoms with Crippen molar-refractivity contribution in [3.8, 4) is 0 Å². The smallest absolute Gasteiger partial charge is 0.298 e. The molecular formula is C15H36O4Si4. The predicted octanol–water partition coefficient (Wildman–Crippen LogP) is 3.84. The maximum absolute atomic E-state index is 12.7. The van der Waals surface area contributed by atoms with Crippen LogP contribution >= 0.6 is 0 Å². The van der Waals surface area contributed by atoms with Crippen LogP contribution in [0.4, 0.5) is 0 Å². The molecule has 0 unspecified atom stereocenters. The molecule has 0 heterocycles. The molecule has 136 valence electrons. The van der Waals surface area contributed by atoms with Gasteiger partial charge in [-0.3, -0.25) is 4.79 Å². The first-order chi connectivity index (χ1) is 10.1. The molecule has 0 amide bonds. The van der Waals surface area contributed by atoms with Gasteiger partial charge in [-0.15, -0.1) is 0 Å². The standard InChI is InChI=1S/C15H36O4Si4/c1-21(2,3)17-14(13(16)11-10-12-20)15(18-22(4,5)6)19-23(7,8)9/h10-12H2,1-9,20H3. The van der Waals surface area contributed by atoms with Crippen LogP contribution in [0.3, 0.4) is 0 Å². The number of allylic oxidation sites excluding steroid dienone is 1. The highest BCUT2D eigenvalue weighted by Gasteiger charge is 2.32. The first-order valence-corrected chi connectivity index (χ1v) is 20.1. The van der Waals surface area contributed by atoms with Crippen LogP contribution in [0.1, 0.15) is 12.8 Å². The van der Waals surface area contributed by atoms with Crippen molar-refractivity contribution < 1.29 is 18.1 Å². The Hall–Kier alpha value is -0.322. The minimum atomic E-state index is -1.93. The zero-order valence-corrected chi connectivity index (χ0v) is 21.8. The summed E-state index contributed by atoms with van der Waals surface area (Å²) in [4.78, 5) is 12.7. The second-order valence-electron chi connectivity index (χ2n) is 8.79. The lowest BCUT2D eigenvalue weighted by Crippen LogP contribution is -2.35. The molecule has 0 N–H and O–H groups in total. The van der Waals surface area contributed by atoms with Gasteiger partial charge in [0.1, 0.15) is 0 Å². The number of ketones is 1. The lowest BCUT2D eigenvalue weighted by atomic mass is 10.2. The quantitative estimate of drug-likeness (QED) is 0.322. The Morgan fingerprint density at radius 1 is 0.783 bits per heavy atom. The van der Waals surface area contributed by atoms with Gasteiger partial charge in [0.05, 0.1) is 0 Å². The minimum absolute atomic E-state index is 0.0229. The van der Waals surface area contributed by atoms with E-state index in [0.29, 0.717) is 18.1 Å². The topological polar surface area (TPSA) is 44.8 Å². The van der Waals surface area contributed by atoms with Crippen LogP contribution in [0, 0.1) is 0 Å². The molecule has 8 heteroatoms. The lowest BCUT2D eigenvalue weighted by Gasteiger charge is -2.31. The van der Waals surface area contributed by atoms with E-state index < -0.39 is 25.0 Å². The second kappa shape index (κ2) is 8.68. The van der Waals surface area contributed by atoms with Crippen LogP contribution in [0.15, 0.2) is 11.7 Å². The monoisotopic (exact) mass is 392 g/mol. The Balaban J connectivity index is 5.84. The Morgan fingerprint density at radius 2 is 1.17 bits per heavy atom. The zero-order valence-electron chi connectivity index (χ0n) is 16.8. The average molecular weight is 393 g/mol. The van der Waals surface area contributed by atoms with Gasteiger partial charge in [-0.05, 0) is 65.3 Å². The summed E-state index contributed by atoms with van der Waals surface area (Å²) >= 11 is 0. The van der Waals surface area contributed by atoms with Crippen molar-refractivity contribution in [3.63, 3.8) is 0 Å². The average Bonchev–Trinajstić information content (AvgIpc) is 2.27. The summed E-state index contributed by atoms with van der Waals surface area (Å²) in [5, 5.41) is 0. The molecule has 0 bridgehead atoms. The van der Waals surface area contributed by atoms with Gasteiger partial charge in [-0.2, -0.15) is 0 Å². The van der Waals surface area contributed by atoms with Crippen molar-refractivity contribution in [2.45, 2.75) is 77.8 Å².